The van der Waals surface area contributed by atoms with Crippen molar-refractivity contribution in [1.29, 1.82) is 0 Å². The highest BCUT2D eigenvalue weighted by molar-refractivity contribution is 5.65. The van der Waals surface area contributed by atoms with Crippen LogP contribution in [-0.2, 0) is 13.0 Å². The third-order valence-electron chi connectivity index (χ3n) is 5.71. The number of piperidine rings is 1. The number of hydrogen-bond donors (Lipinski definition) is 2. The van der Waals surface area contributed by atoms with E-state index in [0.29, 0.717) is 12.8 Å². The first-order valence-electron chi connectivity index (χ1n) is 9.46. The van der Waals surface area contributed by atoms with Gasteiger partial charge in [-0.05, 0) is 62.4 Å². The molecule has 0 saturated carbocycles. The molecular weight excluding hydrogens is 342 g/mol. The van der Waals surface area contributed by atoms with E-state index >= 15 is 0 Å². The number of hydrogen-bond acceptors (Lipinski definition) is 5. The Bertz CT molecular complexity index is 1060. The van der Waals surface area contributed by atoms with Gasteiger partial charge in [-0.3, -0.25) is 9.36 Å². The summed E-state index contributed by atoms with van der Waals surface area (Å²) in [5.74, 6) is 0. The van der Waals surface area contributed by atoms with Crippen molar-refractivity contribution in [3.63, 3.8) is 0 Å². The van der Waals surface area contributed by atoms with Crippen molar-refractivity contribution in [2.24, 2.45) is 0 Å². The normalized spacial score (nSPS) is 18.7. The molecule has 0 unspecified atom stereocenters. The molecule has 1 saturated heterocycles. The van der Waals surface area contributed by atoms with Crippen molar-refractivity contribution in [2.45, 2.75) is 37.8 Å². The second-order valence-corrected chi connectivity index (χ2v) is 7.57. The second-order valence-electron chi connectivity index (χ2n) is 7.57. The van der Waals surface area contributed by atoms with E-state index in [0.717, 1.165) is 37.2 Å². The first-order valence-corrected chi connectivity index (χ1v) is 9.46. The molecule has 1 fully saturated rings. The van der Waals surface area contributed by atoms with Gasteiger partial charge >= 0.3 is 0 Å². The van der Waals surface area contributed by atoms with Gasteiger partial charge in [0.15, 0.2) is 0 Å². The Labute approximate surface area is 156 Å². The largest absolute Gasteiger partial charge is 0.388 e. The maximum absolute atomic E-state index is 12.9. The molecule has 1 aliphatic carbocycles. The number of nitrogens with one attached hydrogen (secondary N) is 1. The summed E-state index contributed by atoms with van der Waals surface area (Å²) < 4.78 is 3.08. The fourth-order valence-corrected chi connectivity index (χ4v) is 4.14. The molecule has 0 spiro atoms. The molecule has 1 aromatic carbocycles. The van der Waals surface area contributed by atoms with Crippen LogP contribution in [0.1, 0.15) is 30.4 Å². The minimum Gasteiger partial charge on any atom is -0.388 e. The number of aromatic nitrogens is 4. The first kappa shape index (κ1) is 16.6. The average Bonchev–Trinajstić information content (AvgIpc) is 3.31. The van der Waals surface area contributed by atoms with Crippen LogP contribution in [0, 0.1) is 6.42 Å². The minimum absolute atomic E-state index is 0.224. The zero-order chi connectivity index (χ0) is 18.4. The summed E-state index contributed by atoms with van der Waals surface area (Å²) in [6, 6.07) is 6.33. The molecule has 2 N–H and O–H groups in total. The predicted octanol–water partition coefficient (Wildman–Crippen LogP) is 1.17. The highest BCUT2D eigenvalue weighted by atomic mass is 16.3. The van der Waals surface area contributed by atoms with Gasteiger partial charge < -0.3 is 10.4 Å². The number of aliphatic hydroxyl groups is 1. The number of fused-ring (bicyclic) bond motifs is 2. The fraction of sp³-hybridized carbons (Fsp3) is 0.400. The molecule has 3 aromatic rings. The van der Waals surface area contributed by atoms with Crippen molar-refractivity contribution in [2.75, 3.05) is 13.1 Å². The van der Waals surface area contributed by atoms with Crippen LogP contribution in [0.2, 0.25) is 0 Å². The van der Waals surface area contributed by atoms with Crippen LogP contribution < -0.4 is 10.9 Å². The Balaban J connectivity index is 1.52. The first-order chi connectivity index (χ1) is 13.1. The highest BCUT2D eigenvalue weighted by Gasteiger charge is 2.30. The lowest BCUT2D eigenvalue weighted by atomic mass is 9.92. The summed E-state index contributed by atoms with van der Waals surface area (Å²) in [5, 5.41) is 18.4. The number of imidazole rings is 1. The summed E-state index contributed by atoms with van der Waals surface area (Å²) in [6.45, 7) is 1.75. The van der Waals surface area contributed by atoms with Gasteiger partial charge in [-0.1, -0.05) is 12.1 Å². The molecule has 27 heavy (non-hydrogen) atoms. The van der Waals surface area contributed by atoms with Gasteiger partial charge in [-0.2, -0.15) is 5.10 Å². The molecule has 1 radical (unpaired) electrons. The third kappa shape index (κ3) is 2.87. The monoisotopic (exact) mass is 364 g/mol. The molecule has 139 valence electrons. The molecule has 2 aromatic heterocycles. The Morgan fingerprint density at radius 2 is 2.11 bits per heavy atom. The lowest BCUT2D eigenvalue weighted by Crippen LogP contribution is -2.46. The lowest BCUT2D eigenvalue weighted by Gasteiger charge is -2.32. The summed E-state index contributed by atoms with van der Waals surface area (Å²) in [5.41, 5.74) is 3.63. The molecular formula is C20H22N5O2. The van der Waals surface area contributed by atoms with Gasteiger partial charge in [0.25, 0.3) is 5.56 Å². The van der Waals surface area contributed by atoms with Gasteiger partial charge in [-0.15, -0.1) is 0 Å². The van der Waals surface area contributed by atoms with Gasteiger partial charge in [0.05, 0.1) is 24.0 Å². The van der Waals surface area contributed by atoms with E-state index in [1.54, 1.807) is 10.7 Å². The van der Waals surface area contributed by atoms with Crippen LogP contribution in [0.5, 0.6) is 0 Å². The SMILES string of the molecule is O=c1c2ncc(-c3ccc4c(c3)CC[CH]4)n2ncn1CC1(O)CCNCC1. The van der Waals surface area contributed by atoms with E-state index in [2.05, 4.69) is 40.0 Å². The summed E-state index contributed by atoms with van der Waals surface area (Å²) in [7, 11) is 0. The molecule has 3 heterocycles. The van der Waals surface area contributed by atoms with E-state index in [1.165, 1.54) is 22.0 Å². The smallest absolute Gasteiger partial charge is 0.296 e. The number of aryl methyl sites for hydroxylation is 1. The topological polar surface area (TPSA) is 84.5 Å². The third-order valence-corrected chi connectivity index (χ3v) is 5.71. The maximum atomic E-state index is 12.9. The molecule has 0 bridgehead atoms. The number of nitrogens with zero attached hydrogens (tertiary/aromatic N) is 4. The van der Waals surface area contributed by atoms with Crippen LogP contribution in [0.15, 0.2) is 35.5 Å². The van der Waals surface area contributed by atoms with Gasteiger partial charge in [0.1, 0.15) is 6.33 Å². The van der Waals surface area contributed by atoms with E-state index in [4.69, 9.17) is 0 Å². The Morgan fingerprint density at radius 3 is 2.96 bits per heavy atom. The molecule has 7 heteroatoms. The summed E-state index contributed by atoms with van der Waals surface area (Å²) in [4.78, 5) is 17.2. The van der Waals surface area contributed by atoms with E-state index < -0.39 is 5.60 Å². The van der Waals surface area contributed by atoms with Crippen LogP contribution in [0.4, 0.5) is 0 Å². The molecule has 5 rings (SSSR count). The zero-order valence-corrected chi connectivity index (χ0v) is 15.1. The Morgan fingerprint density at radius 1 is 1.26 bits per heavy atom. The van der Waals surface area contributed by atoms with E-state index in [9.17, 15) is 9.90 Å². The second kappa shape index (κ2) is 6.28. The van der Waals surface area contributed by atoms with Crippen molar-refractivity contribution >= 4 is 5.65 Å². The molecule has 2 aliphatic rings. The predicted molar refractivity (Wildman–Crippen MR) is 101 cm³/mol. The fourth-order valence-electron chi connectivity index (χ4n) is 4.14. The van der Waals surface area contributed by atoms with Gasteiger partial charge in [-0.25, -0.2) is 9.50 Å². The van der Waals surface area contributed by atoms with Crippen molar-refractivity contribution in [3.8, 4) is 11.3 Å². The van der Waals surface area contributed by atoms with Crippen LogP contribution >= 0.6 is 0 Å². The zero-order valence-electron chi connectivity index (χ0n) is 15.1. The van der Waals surface area contributed by atoms with Crippen molar-refractivity contribution in [3.05, 3.63) is 58.6 Å². The van der Waals surface area contributed by atoms with Gasteiger partial charge in [0, 0.05) is 5.56 Å². The molecule has 1 aliphatic heterocycles. The van der Waals surface area contributed by atoms with Crippen molar-refractivity contribution in [1.82, 2.24) is 24.5 Å². The minimum atomic E-state index is -0.874. The van der Waals surface area contributed by atoms with Crippen LogP contribution in [0.3, 0.4) is 0 Å². The Hall–Kier alpha value is -2.51. The average molecular weight is 364 g/mol. The lowest BCUT2D eigenvalue weighted by molar-refractivity contribution is -0.00643. The van der Waals surface area contributed by atoms with Crippen LogP contribution in [-0.4, -0.2) is 43.0 Å². The number of benzene rings is 1. The highest BCUT2D eigenvalue weighted by Crippen LogP contribution is 2.29. The van der Waals surface area contributed by atoms with Gasteiger partial charge in [0.2, 0.25) is 5.65 Å². The standard InChI is InChI=1S/C20H22N5O2/c26-19-18-22-11-17(16-5-4-14-2-1-3-15(14)10-16)25(18)23-13-24(19)12-20(27)6-8-21-9-7-20/h2,4-5,10-11,13,21,27H,1,3,6-9,12H2. The van der Waals surface area contributed by atoms with Crippen LogP contribution in [0.25, 0.3) is 16.9 Å². The summed E-state index contributed by atoms with van der Waals surface area (Å²) >= 11 is 0. The molecule has 0 amide bonds. The quantitative estimate of drug-likeness (QED) is 0.729. The number of rotatable bonds is 3. The molecule has 0 atom stereocenters. The Kier molecular flexibility index (Phi) is 3.87. The maximum Gasteiger partial charge on any atom is 0.296 e. The van der Waals surface area contributed by atoms with Crippen molar-refractivity contribution < 1.29 is 5.11 Å². The van der Waals surface area contributed by atoms with E-state index in [-0.39, 0.29) is 17.8 Å². The summed E-state index contributed by atoms with van der Waals surface area (Å²) in [6.07, 6.45) is 8.83. The molecule has 7 nitrogen and oxygen atoms in total. The van der Waals surface area contributed by atoms with E-state index in [1.807, 2.05) is 0 Å².